The number of amides is 1. The summed E-state index contributed by atoms with van der Waals surface area (Å²) in [7, 11) is -3.60. The number of rotatable bonds is 4. The van der Waals surface area contributed by atoms with Gasteiger partial charge in [-0.25, -0.2) is 8.42 Å². The Morgan fingerprint density at radius 2 is 1.80 bits per heavy atom. The minimum atomic E-state index is -3.60. The minimum Gasteiger partial charge on any atom is -0.379 e. The normalized spacial score (nSPS) is 15.7. The average molecular weight is 425 g/mol. The van der Waals surface area contributed by atoms with Gasteiger partial charge in [-0.05, 0) is 36.4 Å². The summed E-state index contributed by atoms with van der Waals surface area (Å²) in [4.78, 5) is 12.5. The molecule has 1 saturated heterocycles. The van der Waals surface area contributed by atoms with E-state index in [1.54, 1.807) is 30.3 Å². The molecule has 1 amide bonds. The van der Waals surface area contributed by atoms with E-state index >= 15 is 0 Å². The second kappa shape index (κ2) is 7.65. The summed E-state index contributed by atoms with van der Waals surface area (Å²) >= 11 is 3.32. The predicted octanol–water partition coefficient (Wildman–Crippen LogP) is 2.72. The molecule has 1 N–H and O–H groups in total. The number of hydrogen-bond donors (Lipinski definition) is 1. The summed E-state index contributed by atoms with van der Waals surface area (Å²) in [5.41, 5.74) is 0.912. The van der Waals surface area contributed by atoms with Crippen LogP contribution in [0.3, 0.4) is 0 Å². The van der Waals surface area contributed by atoms with Gasteiger partial charge in [-0.1, -0.05) is 28.1 Å². The monoisotopic (exact) mass is 424 g/mol. The zero-order valence-corrected chi connectivity index (χ0v) is 15.7. The van der Waals surface area contributed by atoms with Crippen LogP contribution in [0.15, 0.2) is 57.9 Å². The lowest BCUT2D eigenvalue weighted by Gasteiger charge is -2.26. The summed E-state index contributed by atoms with van der Waals surface area (Å²) in [5, 5.41) is 2.73. The van der Waals surface area contributed by atoms with Crippen molar-refractivity contribution in [1.82, 2.24) is 4.31 Å². The molecule has 0 unspecified atom stereocenters. The van der Waals surface area contributed by atoms with Gasteiger partial charge in [0, 0.05) is 28.8 Å². The molecule has 0 saturated carbocycles. The Bertz CT molecular complexity index is 880. The number of hydrogen-bond acceptors (Lipinski definition) is 4. The summed E-state index contributed by atoms with van der Waals surface area (Å²) in [6.45, 7) is 1.44. The van der Waals surface area contributed by atoms with Gasteiger partial charge in [0.1, 0.15) is 0 Å². The highest BCUT2D eigenvalue weighted by Crippen LogP contribution is 2.21. The van der Waals surface area contributed by atoms with Crippen LogP contribution in [0.1, 0.15) is 10.4 Å². The van der Waals surface area contributed by atoms with Crippen LogP contribution in [0.5, 0.6) is 0 Å². The second-order valence-corrected chi connectivity index (χ2v) is 8.36. The fourth-order valence-corrected chi connectivity index (χ4v) is 4.36. The maximum absolute atomic E-state index is 12.7. The third-order valence-electron chi connectivity index (χ3n) is 3.79. The molecule has 8 heteroatoms. The first-order valence-electron chi connectivity index (χ1n) is 7.72. The number of ether oxygens (including phenoxy) is 1. The molecule has 1 aliphatic rings. The van der Waals surface area contributed by atoms with E-state index < -0.39 is 10.0 Å². The molecule has 0 radical (unpaired) electrons. The number of sulfonamides is 1. The number of carbonyl (C=O) groups is 1. The number of morpholine rings is 1. The van der Waals surface area contributed by atoms with E-state index in [-0.39, 0.29) is 10.8 Å². The summed E-state index contributed by atoms with van der Waals surface area (Å²) < 4.78 is 32.8. The van der Waals surface area contributed by atoms with Crippen molar-refractivity contribution >= 4 is 37.5 Å². The number of halogens is 1. The zero-order chi connectivity index (χ0) is 17.9. The molecular weight excluding hydrogens is 408 g/mol. The van der Waals surface area contributed by atoms with Crippen LogP contribution in [0.4, 0.5) is 5.69 Å². The largest absolute Gasteiger partial charge is 0.379 e. The minimum absolute atomic E-state index is 0.154. The maximum atomic E-state index is 12.7. The highest BCUT2D eigenvalue weighted by Gasteiger charge is 2.26. The number of anilines is 1. The Labute approximate surface area is 155 Å². The maximum Gasteiger partial charge on any atom is 0.255 e. The van der Waals surface area contributed by atoms with Gasteiger partial charge in [-0.2, -0.15) is 4.31 Å². The molecule has 0 aliphatic carbocycles. The van der Waals surface area contributed by atoms with E-state index in [9.17, 15) is 13.2 Å². The Hall–Kier alpha value is -1.74. The molecule has 1 fully saturated rings. The smallest absolute Gasteiger partial charge is 0.255 e. The number of nitrogens with one attached hydrogen (secondary N) is 1. The molecule has 1 heterocycles. The van der Waals surface area contributed by atoms with Gasteiger partial charge in [-0.15, -0.1) is 0 Å². The summed E-state index contributed by atoms with van der Waals surface area (Å²) in [6, 6.07) is 13.3. The highest BCUT2D eigenvalue weighted by atomic mass is 79.9. The van der Waals surface area contributed by atoms with Crippen molar-refractivity contribution in [1.29, 1.82) is 0 Å². The molecule has 132 valence electrons. The van der Waals surface area contributed by atoms with Crippen LogP contribution < -0.4 is 5.32 Å². The van der Waals surface area contributed by atoms with Crippen LogP contribution >= 0.6 is 15.9 Å². The van der Waals surface area contributed by atoms with Crippen molar-refractivity contribution in [2.24, 2.45) is 0 Å². The quantitative estimate of drug-likeness (QED) is 0.818. The molecular formula is C17H17BrN2O4S. The van der Waals surface area contributed by atoms with Gasteiger partial charge in [0.25, 0.3) is 5.91 Å². The number of nitrogens with zero attached hydrogens (tertiary/aromatic N) is 1. The van der Waals surface area contributed by atoms with E-state index in [2.05, 4.69) is 21.2 Å². The van der Waals surface area contributed by atoms with Crippen molar-refractivity contribution in [2.75, 3.05) is 31.6 Å². The van der Waals surface area contributed by atoms with Gasteiger partial charge in [0.2, 0.25) is 10.0 Å². The lowest BCUT2D eigenvalue weighted by molar-refractivity contribution is 0.0730. The van der Waals surface area contributed by atoms with Crippen molar-refractivity contribution in [2.45, 2.75) is 4.90 Å². The van der Waals surface area contributed by atoms with E-state index in [1.807, 2.05) is 6.07 Å². The summed E-state index contributed by atoms with van der Waals surface area (Å²) in [5.74, 6) is -0.303. The molecule has 0 spiro atoms. The van der Waals surface area contributed by atoms with Crippen LogP contribution in [0, 0.1) is 0 Å². The molecule has 0 bridgehead atoms. The standard InChI is InChI=1S/C17H17BrN2O4S/c18-14-4-1-3-13(11-14)17(21)19-15-5-2-6-16(12-15)25(22,23)20-7-9-24-10-8-20/h1-6,11-12H,7-10H2,(H,19,21). The molecule has 6 nitrogen and oxygen atoms in total. The van der Waals surface area contributed by atoms with E-state index in [4.69, 9.17) is 4.74 Å². The van der Waals surface area contributed by atoms with Crippen LogP contribution in [-0.4, -0.2) is 44.9 Å². The number of carbonyl (C=O) groups excluding carboxylic acids is 1. The number of benzene rings is 2. The molecule has 2 aromatic rings. The van der Waals surface area contributed by atoms with E-state index in [1.165, 1.54) is 16.4 Å². The fourth-order valence-electron chi connectivity index (χ4n) is 2.50. The predicted molar refractivity (Wildman–Crippen MR) is 98.1 cm³/mol. The highest BCUT2D eigenvalue weighted by molar-refractivity contribution is 9.10. The van der Waals surface area contributed by atoms with Crippen molar-refractivity contribution in [3.8, 4) is 0 Å². The van der Waals surface area contributed by atoms with Gasteiger partial charge in [-0.3, -0.25) is 4.79 Å². The Kier molecular flexibility index (Phi) is 5.53. The lowest BCUT2D eigenvalue weighted by atomic mass is 10.2. The molecule has 2 aromatic carbocycles. The van der Waals surface area contributed by atoms with Crippen molar-refractivity contribution in [3.63, 3.8) is 0 Å². The molecule has 0 atom stereocenters. The molecule has 3 rings (SSSR count). The zero-order valence-electron chi connectivity index (χ0n) is 13.3. The molecule has 0 aromatic heterocycles. The topological polar surface area (TPSA) is 75.7 Å². The first-order chi connectivity index (χ1) is 12.0. The van der Waals surface area contributed by atoms with Crippen molar-refractivity contribution in [3.05, 3.63) is 58.6 Å². The lowest BCUT2D eigenvalue weighted by Crippen LogP contribution is -2.40. The SMILES string of the molecule is O=C(Nc1cccc(S(=O)(=O)N2CCOCC2)c1)c1cccc(Br)c1. The third kappa shape index (κ3) is 4.27. The average Bonchev–Trinajstić information content (AvgIpc) is 2.62. The van der Waals surface area contributed by atoms with Gasteiger partial charge < -0.3 is 10.1 Å². The Morgan fingerprint density at radius 1 is 1.08 bits per heavy atom. The molecule has 1 aliphatic heterocycles. The Balaban J connectivity index is 1.80. The van der Waals surface area contributed by atoms with Gasteiger partial charge >= 0.3 is 0 Å². The first-order valence-corrected chi connectivity index (χ1v) is 9.95. The Morgan fingerprint density at radius 3 is 2.52 bits per heavy atom. The van der Waals surface area contributed by atoms with E-state index in [0.717, 1.165) is 4.47 Å². The van der Waals surface area contributed by atoms with Crippen LogP contribution in [-0.2, 0) is 14.8 Å². The van der Waals surface area contributed by atoms with Gasteiger partial charge in [0.15, 0.2) is 0 Å². The third-order valence-corrected chi connectivity index (χ3v) is 6.17. The van der Waals surface area contributed by atoms with Crippen LogP contribution in [0.2, 0.25) is 0 Å². The molecule has 25 heavy (non-hydrogen) atoms. The van der Waals surface area contributed by atoms with Crippen LogP contribution in [0.25, 0.3) is 0 Å². The van der Waals surface area contributed by atoms with E-state index in [0.29, 0.717) is 37.6 Å². The summed E-state index contributed by atoms with van der Waals surface area (Å²) in [6.07, 6.45) is 0. The fraction of sp³-hybridized carbons (Fsp3) is 0.235. The van der Waals surface area contributed by atoms with Gasteiger partial charge in [0.05, 0.1) is 18.1 Å². The van der Waals surface area contributed by atoms with Crippen molar-refractivity contribution < 1.29 is 17.9 Å². The second-order valence-electron chi connectivity index (χ2n) is 5.51. The first kappa shape index (κ1) is 18.1.